The summed E-state index contributed by atoms with van der Waals surface area (Å²) in [5, 5.41) is 6.70. The number of nitrogens with zero attached hydrogens (tertiary/aromatic N) is 2. The van der Waals surface area contributed by atoms with Crippen molar-refractivity contribution in [3.63, 3.8) is 0 Å². The van der Waals surface area contributed by atoms with Crippen LogP contribution < -0.4 is 15.4 Å². The van der Waals surface area contributed by atoms with Crippen LogP contribution in [0.4, 0.5) is 4.39 Å². The van der Waals surface area contributed by atoms with Crippen LogP contribution in [-0.2, 0) is 6.54 Å². The maximum Gasteiger partial charge on any atom is 0.219 e. The standard InChI is InChI=1S/C20H23FN4O/c1-2-22-20(25-17-5-3-4-6-17)24-14-15-7-12-19(23-13-15)26-18-10-8-16(21)9-11-18/h3-4,7-13,17H,2,5-6,14H2,1H3,(H2,22,24,25). The molecule has 5 nitrogen and oxygen atoms in total. The number of aromatic nitrogens is 1. The summed E-state index contributed by atoms with van der Waals surface area (Å²) in [7, 11) is 0. The number of hydrogen-bond acceptors (Lipinski definition) is 3. The lowest BCUT2D eigenvalue weighted by molar-refractivity contribution is 0.461. The number of aliphatic imine (C=N–C) groups is 1. The van der Waals surface area contributed by atoms with Crippen molar-refractivity contribution in [3.8, 4) is 11.6 Å². The Morgan fingerprint density at radius 1 is 1.19 bits per heavy atom. The highest BCUT2D eigenvalue weighted by Gasteiger charge is 2.11. The summed E-state index contributed by atoms with van der Waals surface area (Å²) in [6, 6.07) is 9.98. The van der Waals surface area contributed by atoms with E-state index >= 15 is 0 Å². The predicted octanol–water partition coefficient (Wildman–Crippen LogP) is 3.79. The average molecular weight is 354 g/mol. The van der Waals surface area contributed by atoms with Gasteiger partial charge in [0.05, 0.1) is 6.54 Å². The Labute approximate surface area is 153 Å². The molecule has 1 aliphatic rings. The molecule has 2 aromatic rings. The first kappa shape index (κ1) is 17.9. The second-order valence-corrected chi connectivity index (χ2v) is 6.04. The maximum atomic E-state index is 12.9. The van der Waals surface area contributed by atoms with E-state index in [9.17, 15) is 4.39 Å². The molecule has 0 atom stereocenters. The van der Waals surface area contributed by atoms with Crippen molar-refractivity contribution < 1.29 is 9.13 Å². The molecule has 0 unspecified atom stereocenters. The summed E-state index contributed by atoms with van der Waals surface area (Å²) < 4.78 is 18.5. The molecule has 0 fully saturated rings. The zero-order valence-corrected chi connectivity index (χ0v) is 14.8. The second kappa shape index (κ2) is 8.99. The van der Waals surface area contributed by atoms with Gasteiger partial charge in [-0.15, -0.1) is 0 Å². The zero-order valence-electron chi connectivity index (χ0n) is 14.8. The Morgan fingerprint density at radius 3 is 2.62 bits per heavy atom. The van der Waals surface area contributed by atoms with Crippen molar-refractivity contribution in [1.82, 2.24) is 15.6 Å². The average Bonchev–Trinajstić information content (AvgIpc) is 3.16. The minimum atomic E-state index is -0.294. The first-order valence-corrected chi connectivity index (χ1v) is 8.81. The Kier molecular flexibility index (Phi) is 6.19. The lowest BCUT2D eigenvalue weighted by Gasteiger charge is -2.16. The van der Waals surface area contributed by atoms with Crippen LogP contribution in [0.3, 0.4) is 0 Å². The van der Waals surface area contributed by atoms with Crippen molar-refractivity contribution in [1.29, 1.82) is 0 Å². The molecule has 26 heavy (non-hydrogen) atoms. The Hall–Kier alpha value is -2.89. The fraction of sp³-hybridized carbons (Fsp3) is 0.300. The highest BCUT2D eigenvalue weighted by molar-refractivity contribution is 5.80. The number of benzene rings is 1. The summed E-state index contributed by atoms with van der Waals surface area (Å²) >= 11 is 0. The molecule has 0 radical (unpaired) electrons. The molecule has 1 aromatic heterocycles. The van der Waals surface area contributed by atoms with Crippen LogP contribution in [0.15, 0.2) is 59.7 Å². The summed E-state index contributed by atoms with van der Waals surface area (Å²) in [6.45, 7) is 3.39. The lowest BCUT2D eigenvalue weighted by Crippen LogP contribution is -2.42. The van der Waals surface area contributed by atoms with Gasteiger partial charge in [-0.2, -0.15) is 0 Å². The lowest BCUT2D eigenvalue weighted by atomic mass is 10.2. The van der Waals surface area contributed by atoms with Crippen molar-refractivity contribution in [2.24, 2.45) is 4.99 Å². The molecule has 0 spiro atoms. The summed E-state index contributed by atoms with van der Waals surface area (Å²) in [4.78, 5) is 8.90. The molecular weight excluding hydrogens is 331 g/mol. The Bertz CT molecular complexity index is 748. The van der Waals surface area contributed by atoms with Gasteiger partial charge in [-0.25, -0.2) is 14.4 Å². The van der Waals surface area contributed by atoms with Gasteiger partial charge in [0.15, 0.2) is 5.96 Å². The molecule has 0 bridgehead atoms. The van der Waals surface area contributed by atoms with Crippen molar-refractivity contribution in [2.75, 3.05) is 6.54 Å². The molecule has 0 amide bonds. The fourth-order valence-corrected chi connectivity index (χ4v) is 2.61. The molecule has 1 heterocycles. The molecule has 0 aliphatic heterocycles. The molecular formula is C20H23FN4O. The Morgan fingerprint density at radius 2 is 1.96 bits per heavy atom. The fourth-order valence-electron chi connectivity index (χ4n) is 2.61. The van der Waals surface area contributed by atoms with Crippen LogP contribution in [0.1, 0.15) is 25.3 Å². The zero-order chi connectivity index (χ0) is 18.2. The SMILES string of the molecule is CCNC(=NCc1ccc(Oc2ccc(F)cc2)nc1)NC1CC=CC1. The van der Waals surface area contributed by atoms with Gasteiger partial charge in [-0.3, -0.25) is 0 Å². The molecule has 2 N–H and O–H groups in total. The van der Waals surface area contributed by atoms with Gasteiger partial charge >= 0.3 is 0 Å². The quantitative estimate of drug-likeness (QED) is 0.471. The predicted molar refractivity (Wildman–Crippen MR) is 101 cm³/mol. The van der Waals surface area contributed by atoms with E-state index in [1.165, 1.54) is 12.1 Å². The van der Waals surface area contributed by atoms with Crippen molar-refractivity contribution >= 4 is 5.96 Å². The molecule has 0 saturated heterocycles. The monoisotopic (exact) mass is 354 g/mol. The van der Waals surface area contributed by atoms with Gasteiger partial charge in [0.2, 0.25) is 5.88 Å². The van der Waals surface area contributed by atoms with Crippen LogP contribution >= 0.6 is 0 Å². The Balaban J connectivity index is 1.57. The largest absolute Gasteiger partial charge is 0.439 e. The smallest absolute Gasteiger partial charge is 0.219 e. The van der Waals surface area contributed by atoms with Gasteiger partial charge in [-0.1, -0.05) is 18.2 Å². The third-order valence-corrected chi connectivity index (χ3v) is 3.95. The summed E-state index contributed by atoms with van der Waals surface area (Å²) in [6.07, 6.45) is 8.17. The van der Waals surface area contributed by atoms with Crippen molar-refractivity contribution in [2.45, 2.75) is 32.4 Å². The van der Waals surface area contributed by atoms with Crippen LogP contribution in [0.2, 0.25) is 0 Å². The van der Waals surface area contributed by atoms with Crippen LogP contribution in [0.5, 0.6) is 11.6 Å². The molecule has 1 aliphatic carbocycles. The number of rotatable bonds is 6. The van der Waals surface area contributed by atoms with E-state index in [0.717, 1.165) is 30.9 Å². The van der Waals surface area contributed by atoms with Crippen LogP contribution in [0, 0.1) is 5.82 Å². The van der Waals surface area contributed by atoms with E-state index in [2.05, 4.69) is 32.8 Å². The van der Waals surface area contributed by atoms with Gasteiger partial charge in [0.25, 0.3) is 0 Å². The summed E-state index contributed by atoms with van der Waals surface area (Å²) in [5.41, 5.74) is 0.984. The van der Waals surface area contributed by atoms with Gasteiger partial charge in [0, 0.05) is 24.8 Å². The number of hydrogen-bond donors (Lipinski definition) is 2. The second-order valence-electron chi connectivity index (χ2n) is 6.04. The van der Waals surface area contributed by atoms with E-state index < -0.39 is 0 Å². The van der Waals surface area contributed by atoms with Gasteiger partial charge in [-0.05, 0) is 49.6 Å². The number of pyridine rings is 1. The third kappa shape index (κ3) is 5.31. The van der Waals surface area contributed by atoms with E-state index in [-0.39, 0.29) is 5.82 Å². The van der Waals surface area contributed by atoms with Crippen molar-refractivity contribution in [3.05, 3.63) is 66.1 Å². The highest BCUT2D eigenvalue weighted by Crippen LogP contribution is 2.19. The number of nitrogens with one attached hydrogen (secondary N) is 2. The third-order valence-electron chi connectivity index (χ3n) is 3.95. The molecule has 136 valence electrons. The first-order chi connectivity index (χ1) is 12.7. The first-order valence-electron chi connectivity index (χ1n) is 8.81. The van der Waals surface area contributed by atoms with E-state index in [1.807, 2.05) is 13.0 Å². The van der Waals surface area contributed by atoms with E-state index in [4.69, 9.17) is 4.74 Å². The minimum Gasteiger partial charge on any atom is -0.439 e. The maximum absolute atomic E-state index is 12.9. The number of halogens is 1. The normalized spacial score (nSPS) is 14.5. The number of ether oxygens (including phenoxy) is 1. The van der Waals surface area contributed by atoms with Crippen LogP contribution in [-0.4, -0.2) is 23.5 Å². The van der Waals surface area contributed by atoms with E-state index in [1.54, 1.807) is 24.4 Å². The molecule has 3 rings (SSSR count). The molecule has 0 saturated carbocycles. The van der Waals surface area contributed by atoms with E-state index in [0.29, 0.717) is 24.2 Å². The number of guanidine groups is 1. The highest BCUT2D eigenvalue weighted by atomic mass is 19.1. The van der Waals surface area contributed by atoms with Crippen LogP contribution in [0.25, 0.3) is 0 Å². The topological polar surface area (TPSA) is 58.5 Å². The molecule has 6 heteroatoms. The van der Waals surface area contributed by atoms with Gasteiger partial charge in [0.1, 0.15) is 11.6 Å². The van der Waals surface area contributed by atoms with Gasteiger partial charge < -0.3 is 15.4 Å². The minimum absolute atomic E-state index is 0.294. The molecule has 1 aromatic carbocycles. The summed E-state index contributed by atoms with van der Waals surface area (Å²) in [5.74, 6) is 1.53.